The van der Waals surface area contributed by atoms with Crippen LogP contribution in [0, 0.1) is 0 Å². The van der Waals surface area contributed by atoms with Crippen LogP contribution in [0.5, 0.6) is 0 Å². The molecule has 1 aromatic heterocycles. The maximum atomic E-state index is 12.1. The zero-order valence-electron chi connectivity index (χ0n) is 11.7. The number of hydrogen-bond donors (Lipinski definition) is 4. The molecule has 10 heteroatoms. The number of rotatable bonds is 4. The fourth-order valence-electron chi connectivity index (χ4n) is 2.82. The summed E-state index contributed by atoms with van der Waals surface area (Å²) in [6, 6.07) is 0. The zero-order chi connectivity index (χ0) is 15.9. The van der Waals surface area contributed by atoms with Gasteiger partial charge in [-0.1, -0.05) is 0 Å². The van der Waals surface area contributed by atoms with Gasteiger partial charge in [-0.2, -0.15) is 4.98 Å². The standard InChI is InChI=1S/C12H17N5O5/c13-12-14-10-9(11(21)15-12)16(1-2-18)5-17(10)8-3-6(20)7(4-19)22-8/h2,6-8,19-20H,1,3-5H2,(H3,13,14,15,21)/t6-,7+,8+/m0/s1. The van der Waals surface area contributed by atoms with E-state index in [4.69, 9.17) is 15.6 Å². The van der Waals surface area contributed by atoms with Crippen molar-refractivity contribution in [2.45, 2.75) is 24.9 Å². The third-order valence-corrected chi connectivity index (χ3v) is 3.83. The van der Waals surface area contributed by atoms with Crippen LogP contribution in [0.25, 0.3) is 0 Å². The molecular weight excluding hydrogens is 294 g/mol. The minimum absolute atomic E-state index is 0.0247. The fourth-order valence-corrected chi connectivity index (χ4v) is 2.82. The number of aldehydes is 1. The molecule has 1 saturated heterocycles. The van der Waals surface area contributed by atoms with Crippen LogP contribution in [0.4, 0.5) is 17.5 Å². The third-order valence-electron chi connectivity index (χ3n) is 3.83. The van der Waals surface area contributed by atoms with Crippen molar-refractivity contribution in [3.8, 4) is 0 Å². The molecule has 22 heavy (non-hydrogen) atoms. The first-order valence-electron chi connectivity index (χ1n) is 6.84. The highest BCUT2D eigenvalue weighted by atomic mass is 16.5. The molecule has 5 N–H and O–H groups in total. The van der Waals surface area contributed by atoms with Crippen LogP contribution in [-0.4, -0.2) is 64.7 Å². The van der Waals surface area contributed by atoms with Crippen molar-refractivity contribution in [1.29, 1.82) is 0 Å². The molecule has 0 unspecified atom stereocenters. The van der Waals surface area contributed by atoms with Crippen molar-refractivity contribution in [3.05, 3.63) is 10.4 Å². The van der Waals surface area contributed by atoms with E-state index in [1.807, 2.05) is 0 Å². The zero-order valence-corrected chi connectivity index (χ0v) is 11.7. The van der Waals surface area contributed by atoms with Crippen molar-refractivity contribution in [3.63, 3.8) is 0 Å². The summed E-state index contributed by atoms with van der Waals surface area (Å²) in [5.41, 5.74) is 5.38. The molecule has 10 nitrogen and oxygen atoms in total. The quantitative estimate of drug-likeness (QED) is 0.447. The second-order valence-electron chi connectivity index (χ2n) is 5.24. The number of carbonyl (C=O) groups excluding carboxylic acids is 1. The van der Waals surface area contributed by atoms with Gasteiger partial charge in [-0.3, -0.25) is 9.78 Å². The lowest BCUT2D eigenvalue weighted by atomic mass is 10.2. The number of nitrogens with one attached hydrogen (secondary N) is 1. The van der Waals surface area contributed by atoms with E-state index in [9.17, 15) is 14.7 Å². The van der Waals surface area contributed by atoms with E-state index in [0.717, 1.165) is 0 Å². The van der Waals surface area contributed by atoms with E-state index in [0.29, 0.717) is 12.1 Å². The topological polar surface area (TPSA) is 145 Å². The van der Waals surface area contributed by atoms with E-state index in [1.54, 1.807) is 9.80 Å². The number of hydrogen-bond acceptors (Lipinski definition) is 9. The second-order valence-corrected chi connectivity index (χ2v) is 5.24. The number of aliphatic hydroxyl groups is 2. The molecule has 2 aliphatic heterocycles. The summed E-state index contributed by atoms with van der Waals surface area (Å²) in [6.07, 6.45) is -1.11. The predicted octanol–water partition coefficient (Wildman–Crippen LogP) is -2.40. The Labute approximate surface area is 125 Å². The minimum Gasteiger partial charge on any atom is -0.394 e. The Hall–Kier alpha value is -2.17. The van der Waals surface area contributed by atoms with Crippen LogP contribution in [0.2, 0.25) is 0 Å². The summed E-state index contributed by atoms with van der Waals surface area (Å²) >= 11 is 0. The number of aromatic nitrogens is 2. The van der Waals surface area contributed by atoms with E-state index >= 15 is 0 Å². The smallest absolute Gasteiger partial charge is 0.278 e. The van der Waals surface area contributed by atoms with E-state index in [2.05, 4.69) is 9.97 Å². The molecule has 0 spiro atoms. The highest BCUT2D eigenvalue weighted by Gasteiger charge is 2.42. The number of ether oxygens (including phenoxy) is 1. The number of anilines is 3. The number of nitrogens with two attached hydrogens (primary N) is 1. The maximum absolute atomic E-state index is 12.1. The number of aromatic amines is 1. The Morgan fingerprint density at radius 3 is 2.95 bits per heavy atom. The van der Waals surface area contributed by atoms with Gasteiger partial charge in [0.1, 0.15) is 24.3 Å². The van der Waals surface area contributed by atoms with Crippen molar-refractivity contribution in [2.24, 2.45) is 0 Å². The van der Waals surface area contributed by atoms with Crippen molar-refractivity contribution >= 4 is 23.7 Å². The average molecular weight is 311 g/mol. The van der Waals surface area contributed by atoms with Gasteiger partial charge in [0.25, 0.3) is 5.56 Å². The summed E-state index contributed by atoms with van der Waals surface area (Å²) in [4.78, 5) is 32.6. The summed E-state index contributed by atoms with van der Waals surface area (Å²) in [5, 5.41) is 19.0. The molecule has 3 rings (SSSR count). The predicted molar refractivity (Wildman–Crippen MR) is 76.4 cm³/mol. The van der Waals surface area contributed by atoms with E-state index < -0.39 is 24.0 Å². The summed E-state index contributed by atoms with van der Waals surface area (Å²) in [6.45, 7) is -0.0681. The van der Waals surface area contributed by atoms with Gasteiger partial charge in [0.05, 0.1) is 25.9 Å². The number of H-pyrrole nitrogens is 1. The number of fused-ring (bicyclic) bond motifs is 1. The lowest BCUT2D eigenvalue weighted by Crippen LogP contribution is -2.40. The van der Waals surface area contributed by atoms with Crippen molar-refractivity contribution in [1.82, 2.24) is 9.97 Å². The maximum Gasteiger partial charge on any atom is 0.278 e. The molecule has 0 bridgehead atoms. The molecule has 0 amide bonds. The highest BCUT2D eigenvalue weighted by Crippen LogP contribution is 2.36. The normalized spacial score (nSPS) is 27.3. The Balaban J connectivity index is 1.96. The summed E-state index contributed by atoms with van der Waals surface area (Å²) < 4.78 is 5.59. The molecule has 2 aliphatic rings. The molecule has 1 aromatic rings. The van der Waals surface area contributed by atoms with E-state index in [1.165, 1.54) is 0 Å². The lowest BCUT2D eigenvalue weighted by molar-refractivity contribution is -0.106. The van der Waals surface area contributed by atoms with Crippen LogP contribution in [0.15, 0.2) is 4.79 Å². The molecule has 0 aliphatic carbocycles. The van der Waals surface area contributed by atoms with Gasteiger partial charge in [-0.15, -0.1) is 0 Å². The van der Waals surface area contributed by atoms with Crippen molar-refractivity contribution < 1.29 is 19.7 Å². The summed E-state index contributed by atoms with van der Waals surface area (Å²) in [7, 11) is 0. The van der Waals surface area contributed by atoms with Crippen LogP contribution >= 0.6 is 0 Å². The summed E-state index contributed by atoms with van der Waals surface area (Å²) in [5.74, 6) is 0.262. The Bertz CT molecular complexity index is 635. The molecule has 0 aromatic carbocycles. The molecule has 1 fully saturated rings. The first-order chi connectivity index (χ1) is 10.5. The van der Waals surface area contributed by atoms with Crippen molar-refractivity contribution in [2.75, 3.05) is 35.4 Å². The van der Waals surface area contributed by atoms with Crippen LogP contribution in [0.1, 0.15) is 6.42 Å². The van der Waals surface area contributed by atoms with Gasteiger partial charge < -0.3 is 35.3 Å². The Kier molecular flexibility index (Phi) is 3.72. The first-order valence-corrected chi connectivity index (χ1v) is 6.84. The molecule has 0 saturated carbocycles. The average Bonchev–Trinajstić information content (AvgIpc) is 3.00. The third kappa shape index (κ3) is 2.30. The van der Waals surface area contributed by atoms with Gasteiger partial charge in [-0.25, -0.2) is 0 Å². The number of nitrogens with zero attached hydrogens (tertiary/aromatic N) is 3. The van der Waals surface area contributed by atoms with Gasteiger partial charge in [0.2, 0.25) is 5.95 Å². The van der Waals surface area contributed by atoms with Gasteiger partial charge in [0, 0.05) is 6.42 Å². The number of aliphatic hydroxyl groups excluding tert-OH is 2. The number of nitrogen functional groups attached to an aromatic ring is 1. The number of carbonyl (C=O) groups is 1. The first kappa shape index (κ1) is 14.8. The van der Waals surface area contributed by atoms with E-state index in [-0.39, 0.29) is 37.9 Å². The monoisotopic (exact) mass is 311 g/mol. The Morgan fingerprint density at radius 1 is 1.55 bits per heavy atom. The molecular formula is C12H17N5O5. The van der Waals surface area contributed by atoms with Gasteiger partial charge in [0.15, 0.2) is 5.82 Å². The van der Waals surface area contributed by atoms with Gasteiger partial charge in [-0.05, 0) is 0 Å². The van der Waals surface area contributed by atoms with Crippen LogP contribution in [0.3, 0.4) is 0 Å². The SMILES string of the molecule is Nc1nc2c(c(=O)[nH]1)N(CC=O)CN2[C@H]1C[C@H](O)[C@@H](CO)O1. The van der Waals surface area contributed by atoms with Gasteiger partial charge >= 0.3 is 0 Å². The Morgan fingerprint density at radius 2 is 2.32 bits per heavy atom. The van der Waals surface area contributed by atoms with Crippen LogP contribution in [-0.2, 0) is 9.53 Å². The molecule has 3 atom stereocenters. The molecule has 120 valence electrons. The molecule has 0 radical (unpaired) electrons. The lowest BCUT2D eigenvalue weighted by Gasteiger charge is -2.25. The minimum atomic E-state index is -0.807. The largest absolute Gasteiger partial charge is 0.394 e. The van der Waals surface area contributed by atoms with Crippen LogP contribution < -0.4 is 21.1 Å². The highest BCUT2D eigenvalue weighted by molar-refractivity contribution is 5.76. The molecule has 3 heterocycles. The second kappa shape index (κ2) is 5.55. The fraction of sp³-hybridized carbons (Fsp3) is 0.583.